The van der Waals surface area contributed by atoms with Crippen LogP contribution >= 0.6 is 54.0 Å². The van der Waals surface area contributed by atoms with E-state index in [-0.39, 0.29) is 37.9 Å². The standard InChI is InChI=1S/C15H18Cl2N2O3.C8H6Cl2O3.C3H8NO5P.C3H9S/c1-8(2)21-12-7-11(9(16)6-10(12)17)19-14(20)22-13(18-19)15(3,4)5;1-13-7-5(10)3-2-4(9)6(7)8(11)12;5-3(6)1-4-2-10(7,8)9;1-4(2)3/h6-8H,1-5H3;2-3H,1H3,(H,11,12);4H,1-2H2,(H,5,6)(H2,7,8,9);1-3H3/q;;;+1/p-1. The molecule has 49 heavy (non-hydrogen) atoms. The molecule has 276 valence electrons. The Kier molecular flexibility index (Phi) is 20.0. The van der Waals surface area contributed by atoms with E-state index in [0.717, 1.165) is 4.68 Å². The van der Waals surface area contributed by atoms with Gasteiger partial charge in [0.15, 0.2) is 5.75 Å². The number of aromatic carboxylic acids is 1. The molecular formula is C29H40Cl4N3O11PS. The predicted molar refractivity (Wildman–Crippen MR) is 192 cm³/mol. The van der Waals surface area contributed by atoms with E-state index >= 15 is 0 Å². The van der Waals surface area contributed by atoms with Gasteiger partial charge < -0.3 is 38.5 Å². The molecule has 1 aromatic heterocycles. The van der Waals surface area contributed by atoms with Crippen LogP contribution in [0.4, 0.5) is 0 Å². The average molecular weight is 812 g/mol. The van der Waals surface area contributed by atoms with E-state index < -0.39 is 38.1 Å². The Labute approximate surface area is 307 Å². The van der Waals surface area contributed by atoms with Crippen molar-refractivity contribution in [3.05, 3.63) is 66.4 Å². The number of carbonyl (C=O) groups is 2. The number of nitrogens with zero attached hydrogens (tertiary/aromatic N) is 2. The van der Waals surface area contributed by atoms with Crippen LogP contribution in [0.25, 0.3) is 5.69 Å². The molecular weight excluding hydrogens is 771 g/mol. The second-order valence-electron chi connectivity index (χ2n) is 11.3. The Morgan fingerprint density at radius 3 is 1.98 bits per heavy atom. The molecule has 0 aliphatic rings. The third-order valence-corrected chi connectivity index (χ3v) is 6.68. The molecule has 0 aliphatic heterocycles. The summed E-state index contributed by atoms with van der Waals surface area (Å²) in [4.78, 5) is 50.6. The monoisotopic (exact) mass is 809 g/mol. The smallest absolute Gasteiger partial charge is 0.442 e. The molecule has 3 aromatic rings. The molecule has 0 saturated carbocycles. The quantitative estimate of drug-likeness (QED) is 0.154. The van der Waals surface area contributed by atoms with Crippen LogP contribution in [0.5, 0.6) is 11.5 Å². The minimum Gasteiger partial charge on any atom is -0.778 e. The van der Waals surface area contributed by atoms with Crippen molar-refractivity contribution >= 4 is 76.8 Å². The normalized spacial score (nSPS) is 12.0. The minimum absolute atomic E-state index is 0.0642. The Balaban J connectivity index is 0.000000725. The molecule has 0 amide bonds. The highest BCUT2D eigenvalue weighted by atomic mass is 35.5. The maximum Gasteiger partial charge on any atom is 0.442 e. The zero-order valence-electron chi connectivity index (χ0n) is 28.2. The molecule has 0 bridgehead atoms. The van der Waals surface area contributed by atoms with Gasteiger partial charge in [-0.25, -0.2) is 9.59 Å². The van der Waals surface area contributed by atoms with Gasteiger partial charge in [0.25, 0.3) is 0 Å². The Bertz CT molecular complexity index is 1650. The van der Waals surface area contributed by atoms with Crippen molar-refractivity contribution < 1.29 is 48.0 Å². The van der Waals surface area contributed by atoms with Crippen molar-refractivity contribution in [3.8, 4) is 17.2 Å². The van der Waals surface area contributed by atoms with Crippen LogP contribution in [0, 0.1) is 0 Å². The first kappa shape index (κ1) is 46.5. The summed E-state index contributed by atoms with van der Waals surface area (Å²) < 4.78 is 26.7. The number of hydrogen-bond acceptors (Lipinski definition) is 10. The van der Waals surface area contributed by atoms with Gasteiger partial charge in [-0.3, -0.25) is 10.1 Å². The minimum atomic E-state index is -4.35. The van der Waals surface area contributed by atoms with Crippen molar-refractivity contribution in [2.45, 2.75) is 46.1 Å². The first-order valence-electron chi connectivity index (χ1n) is 13.8. The number of aliphatic carboxylic acids is 1. The second kappa shape index (κ2) is 21.0. The van der Waals surface area contributed by atoms with Crippen molar-refractivity contribution in [2.24, 2.45) is 0 Å². The van der Waals surface area contributed by atoms with Crippen LogP contribution < -0.4 is 25.4 Å². The van der Waals surface area contributed by atoms with E-state index in [1.165, 1.54) is 25.3 Å². The van der Waals surface area contributed by atoms with E-state index in [4.69, 9.17) is 75.4 Å². The van der Waals surface area contributed by atoms with Crippen LogP contribution in [0.2, 0.25) is 20.1 Å². The lowest BCUT2D eigenvalue weighted by atomic mass is 9.97. The molecule has 0 radical (unpaired) electrons. The number of hydrogen-bond donors (Lipinski definition) is 4. The fourth-order valence-electron chi connectivity index (χ4n) is 2.99. The summed E-state index contributed by atoms with van der Waals surface area (Å²) in [6.07, 6.45) is 5.81. The van der Waals surface area contributed by atoms with Crippen LogP contribution in [0.1, 0.15) is 50.9 Å². The maximum atomic E-state index is 12.1. The zero-order chi connectivity index (χ0) is 38.4. The lowest BCUT2D eigenvalue weighted by molar-refractivity contribution is -0.193. The molecule has 1 heterocycles. The summed E-state index contributed by atoms with van der Waals surface area (Å²) in [5.74, 6) is -2.10. The largest absolute Gasteiger partial charge is 0.778 e. The third kappa shape index (κ3) is 17.9. The second-order valence-corrected chi connectivity index (χ2v) is 17.0. The topological polar surface area (TPSA) is 213 Å². The van der Waals surface area contributed by atoms with Crippen molar-refractivity contribution in [2.75, 3.05) is 38.7 Å². The van der Waals surface area contributed by atoms with Gasteiger partial charge in [0, 0.05) is 11.5 Å². The molecule has 1 unspecified atom stereocenters. The molecule has 4 N–H and O–H groups in total. The molecule has 1 atom stereocenters. The summed E-state index contributed by atoms with van der Waals surface area (Å²) in [5, 5.41) is 24.0. The predicted octanol–water partition coefficient (Wildman–Crippen LogP) is 5.58. The van der Waals surface area contributed by atoms with Gasteiger partial charge in [0.2, 0.25) is 5.89 Å². The van der Waals surface area contributed by atoms with Crippen LogP contribution in [0.3, 0.4) is 0 Å². The van der Waals surface area contributed by atoms with Gasteiger partial charge in [0.1, 0.15) is 18.9 Å². The van der Waals surface area contributed by atoms with Crippen LogP contribution in [-0.4, -0.2) is 81.6 Å². The van der Waals surface area contributed by atoms with Crippen molar-refractivity contribution in [1.29, 1.82) is 0 Å². The molecule has 14 nitrogen and oxygen atoms in total. The highest BCUT2D eigenvalue weighted by Crippen LogP contribution is 2.34. The number of rotatable bonds is 9. The number of halogens is 4. The lowest BCUT2D eigenvalue weighted by Crippen LogP contribution is -2.25. The number of aromatic nitrogens is 2. The van der Waals surface area contributed by atoms with E-state index in [9.17, 15) is 23.8 Å². The molecule has 0 aliphatic carbocycles. The number of methoxy groups -OCH3 is 1. The Morgan fingerprint density at radius 1 is 1.06 bits per heavy atom. The van der Waals surface area contributed by atoms with E-state index in [1.54, 1.807) is 6.07 Å². The van der Waals surface area contributed by atoms with Gasteiger partial charge >= 0.3 is 17.7 Å². The number of carboxylic acid groups (broad SMARTS) is 2. The summed E-state index contributed by atoms with van der Waals surface area (Å²) >= 11 is 23.7. The van der Waals surface area contributed by atoms with Crippen LogP contribution in [0.15, 0.2) is 33.5 Å². The summed E-state index contributed by atoms with van der Waals surface area (Å²) in [7, 11) is -2.37. The van der Waals surface area contributed by atoms with Gasteiger partial charge in [-0.05, 0) is 42.9 Å². The first-order chi connectivity index (χ1) is 22.3. The van der Waals surface area contributed by atoms with Gasteiger partial charge in [-0.15, -0.1) is 5.10 Å². The highest BCUT2D eigenvalue weighted by Gasteiger charge is 2.24. The van der Waals surface area contributed by atoms with Crippen molar-refractivity contribution in [1.82, 2.24) is 15.1 Å². The zero-order valence-corrected chi connectivity index (χ0v) is 32.9. The van der Waals surface area contributed by atoms with Crippen LogP contribution in [-0.2, 0) is 25.7 Å². The number of carboxylic acids is 2. The van der Waals surface area contributed by atoms with Crippen molar-refractivity contribution in [3.63, 3.8) is 0 Å². The first-order valence-corrected chi connectivity index (χ1v) is 19.5. The molecule has 0 saturated heterocycles. The summed E-state index contributed by atoms with van der Waals surface area (Å²) in [6, 6.07) is 6.00. The highest BCUT2D eigenvalue weighted by molar-refractivity contribution is 7.94. The third-order valence-electron chi connectivity index (χ3n) is 4.85. The molecule has 0 fully saturated rings. The SMILES string of the molecule is CC(C)Oc1cc(-n2nc(C(C)(C)C)oc2=O)c(Cl)cc1Cl.COc1c(Cl)ccc(Cl)c1C(=O)O.C[S+](C)C.O=C(O)CNCP(=O)([O-])O. The molecule has 2 aromatic carbocycles. The van der Waals surface area contributed by atoms with E-state index in [2.05, 4.69) is 23.9 Å². The summed E-state index contributed by atoms with van der Waals surface area (Å²) in [5.41, 5.74) is -0.136. The summed E-state index contributed by atoms with van der Waals surface area (Å²) in [6.45, 7) is 8.99. The Morgan fingerprint density at radius 2 is 1.59 bits per heavy atom. The van der Waals surface area contributed by atoms with Gasteiger partial charge in [-0.1, -0.05) is 67.2 Å². The average Bonchev–Trinajstić information content (AvgIpc) is 3.32. The fourth-order valence-corrected chi connectivity index (χ4v) is 4.36. The van der Waals surface area contributed by atoms with Gasteiger partial charge in [0.05, 0.1) is 70.6 Å². The maximum absolute atomic E-state index is 12.1. The van der Waals surface area contributed by atoms with E-state index in [1.807, 2.05) is 39.9 Å². The number of nitrogens with one attached hydrogen (secondary N) is 1. The molecule has 0 spiro atoms. The number of ether oxygens (including phenoxy) is 2. The number of benzene rings is 2. The van der Waals surface area contributed by atoms with E-state index in [0.29, 0.717) is 33.2 Å². The Hall–Kier alpha value is -2.46. The molecule has 3 rings (SSSR count). The molecule has 20 heteroatoms. The fraction of sp³-hybridized carbons (Fsp3) is 0.448. The van der Waals surface area contributed by atoms with Gasteiger partial charge in [-0.2, -0.15) is 4.68 Å². The lowest BCUT2D eigenvalue weighted by Gasteiger charge is -2.14.